The predicted molar refractivity (Wildman–Crippen MR) is 77.1 cm³/mol. The minimum Gasteiger partial charge on any atom is -0.543 e. The lowest BCUT2D eigenvalue weighted by Gasteiger charge is -2.16. The smallest absolute Gasteiger partial charge is 0.378 e. The van der Waals surface area contributed by atoms with Crippen molar-refractivity contribution in [1.82, 2.24) is 5.32 Å². The van der Waals surface area contributed by atoms with Gasteiger partial charge in [-0.05, 0) is 19.4 Å². The van der Waals surface area contributed by atoms with Crippen LogP contribution in [-0.4, -0.2) is 26.6 Å². The van der Waals surface area contributed by atoms with Gasteiger partial charge in [-0.2, -0.15) is 0 Å². The highest BCUT2D eigenvalue weighted by molar-refractivity contribution is 6.05. The molecular formula is C11H24BCl2NO2. The van der Waals surface area contributed by atoms with E-state index in [4.69, 9.17) is 8.05 Å². The maximum atomic E-state index is 11.3. The van der Waals surface area contributed by atoms with Gasteiger partial charge in [0.05, 0.1) is 5.92 Å². The molecule has 0 heterocycles. The van der Waals surface area contributed by atoms with E-state index >= 15 is 0 Å². The zero-order valence-electron chi connectivity index (χ0n) is 10.9. The first-order valence-electron chi connectivity index (χ1n) is 5.75. The molecule has 0 amide bonds. The predicted octanol–water partition coefficient (Wildman–Crippen LogP) is 2.65. The molecule has 0 aromatic heterocycles. The largest absolute Gasteiger partial charge is 0.543 e. The van der Waals surface area contributed by atoms with Crippen LogP contribution in [0.1, 0.15) is 46.5 Å². The molecule has 0 saturated heterocycles. The van der Waals surface area contributed by atoms with Crippen molar-refractivity contribution in [2.75, 3.05) is 6.54 Å². The van der Waals surface area contributed by atoms with Crippen molar-refractivity contribution in [2.45, 2.75) is 52.5 Å². The third kappa shape index (κ3) is 12.3. The summed E-state index contributed by atoms with van der Waals surface area (Å²) < 4.78 is 4.30. The van der Waals surface area contributed by atoms with Gasteiger partial charge in [0, 0.05) is 6.04 Å². The fourth-order valence-corrected chi connectivity index (χ4v) is 1.47. The van der Waals surface area contributed by atoms with E-state index in [0.29, 0.717) is 6.04 Å². The Labute approximate surface area is 119 Å². The van der Waals surface area contributed by atoms with Crippen molar-refractivity contribution < 1.29 is 9.45 Å². The fraction of sp³-hybridized carbons (Fsp3) is 0.909. The quantitative estimate of drug-likeness (QED) is 0.696. The van der Waals surface area contributed by atoms with Crippen molar-refractivity contribution in [1.29, 1.82) is 0 Å². The molecule has 0 rings (SSSR count). The summed E-state index contributed by atoms with van der Waals surface area (Å²) in [5, 5.41) is 3.28. The molecule has 0 aliphatic carbocycles. The summed E-state index contributed by atoms with van der Waals surface area (Å²) in [6.07, 6.45) is 3.80. The zero-order valence-corrected chi connectivity index (χ0v) is 12.5. The number of unbranched alkanes of at least 4 members (excludes halogenated alkanes) is 1. The van der Waals surface area contributed by atoms with Crippen molar-refractivity contribution in [2.24, 2.45) is 5.92 Å². The van der Waals surface area contributed by atoms with Gasteiger partial charge in [0.1, 0.15) is 0 Å². The second-order valence-electron chi connectivity index (χ2n) is 4.17. The van der Waals surface area contributed by atoms with Crippen LogP contribution in [0.15, 0.2) is 0 Å². The molecule has 1 unspecified atom stereocenters. The fourth-order valence-electron chi connectivity index (χ4n) is 1.47. The van der Waals surface area contributed by atoms with Gasteiger partial charge < -0.3 is 9.97 Å². The van der Waals surface area contributed by atoms with E-state index in [0.717, 1.165) is 32.2 Å². The highest BCUT2D eigenvalue weighted by Gasteiger charge is 2.17. The molecular weight excluding hydrogens is 260 g/mol. The van der Waals surface area contributed by atoms with Gasteiger partial charge in [-0.25, -0.2) is 0 Å². The Morgan fingerprint density at radius 3 is 2.29 bits per heavy atom. The Morgan fingerprint density at radius 2 is 1.88 bits per heavy atom. The number of carbonyl (C=O) groups is 1. The van der Waals surface area contributed by atoms with Gasteiger partial charge in [0.2, 0.25) is 0 Å². The minimum atomic E-state index is -0.283. The van der Waals surface area contributed by atoms with Gasteiger partial charge in [0.15, 0.2) is 0 Å². The number of nitrogens with one attached hydrogen (secondary N) is 1. The van der Waals surface area contributed by atoms with Gasteiger partial charge in [-0.15, -0.1) is 24.8 Å². The summed E-state index contributed by atoms with van der Waals surface area (Å²) in [5.41, 5.74) is 0. The first kappa shape index (κ1) is 22.3. The Bertz CT molecular complexity index is 183. The van der Waals surface area contributed by atoms with Crippen LogP contribution in [0.5, 0.6) is 0 Å². The number of halogens is 2. The molecule has 0 aliphatic heterocycles. The lowest BCUT2D eigenvalue weighted by atomic mass is 9.98. The summed E-state index contributed by atoms with van der Waals surface area (Å²) in [6, 6.07) is 0.450. The Kier molecular flexibility index (Phi) is 18.5. The standard InChI is InChI=1S/C11H22BNO2.2ClH/c1-4-5-6-10(11(14)15-12)7-8-13-9(2)3;;/h9-10,13H,4-8H2,1-3H3;2*1H. The molecule has 102 valence electrons. The summed E-state index contributed by atoms with van der Waals surface area (Å²) in [4.78, 5) is 11.3. The highest BCUT2D eigenvalue weighted by atomic mass is 35.5. The SMILES string of the molecule is Cl.Cl.[B]OC(=O)C(CCCC)CCNC(C)C. The van der Waals surface area contributed by atoms with Crippen molar-refractivity contribution in [3.8, 4) is 0 Å². The summed E-state index contributed by atoms with van der Waals surface area (Å²) in [7, 11) is 4.91. The number of rotatable bonds is 8. The maximum Gasteiger partial charge on any atom is 0.378 e. The molecule has 0 bridgehead atoms. The van der Waals surface area contributed by atoms with Gasteiger partial charge >= 0.3 is 8.05 Å². The average Bonchev–Trinajstić information content (AvgIpc) is 2.21. The van der Waals surface area contributed by atoms with E-state index in [1.807, 2.05) is 0 Å². The third-order valence-electron chi connectivity index (χ3n) is 2.40. The van der Waals surface area contributed by atoms with Crippen LogP contribution >= 0.6 is 24.8 Å². The van der Waals surface area contributed by atoms with Crippen LogP contribution in [-0.2, 0) is 9.45 Å². The molecule has 0 aliphatic rings. The molecule has 3 nitrogen and oxygen atoms in total. The normalized spacial score (nSPS) is 11.3. The van der Waals surface area contributed by atoms with E-state index in [9.17, 15) is 4.79 Å². The van der Waals surface area contributed by atoms with Crippen LogP contribution in [0, 0.1) is 5.92 Å². The highest BCUT2D eigenvalue weighted by Crippen LogP contribution is 2.13. The molecule has 0 aromatic carbocycles. The molecule has 0 saturated carbocycles. The van der Waals surface area contributed by atoms with Crippen LogP contribution in [0.2, 0.25) is 0 Å². The van der Waals surface area contributed by atoms with Crippen LogP contribution in [0.3, 0.4) is 0 Å². The molecule has 1 atom stereocenters. The van der Waals surface area contributed by atoms with Crippen molar-refractivity contribution >= 4 is 38.8 Å². The number of carbonyl (C=O) groups excluding carboxylic acids is 1. The van der Waals surface area contributed by atoms with E-state index in [1.165, 1.54) is 0 Å². The lowest BCUT2D eigenvalue weighted by Crippen LogP contribution is -2.28. The Morgan fingerprint density at radius 1 is 1.29 bits per heavy atom. The molecule has 17 heavy (non-hydrogen) atoms. The average molecular weight is 284 g/mol. The van der Waals surface area contributed by atoms with E-state index < -0.39 is 0 Å². The molecule has 0 spiro atoms. The lowest BCUT2D eigenvalue weighted by molar-refractivity contribution is -0.139. The van der Waals surface area contributed by atoms with Crippen molar-refractivity contribution in [3.63, 3.8) is 0 Å². The summed E-state index contributed by atoms with van der Waals surface area (Å²) in [5.74, 6) is -0.338. The third-order valence-corrected chi connectivity index (χ3v) is 2.40. The first-order chi connectivity index (χ1) is 7.11. The molecule has 0 aromatic rings. The van der Waals surface area contributed by atoms with Gasteiger partial charge in [-0.1, -0.05) is 33.6 Å². The topological polar surface area (TPSA) is 38.3 Å². The first-order valence-corrected chi connectivity index (χ1v) is 5.75. The Balaban J connectivity index is -0.000000980. The number of hydrogen-bond donors (Lipinski definition) is 1. The minimum absolute atomic E-state index is 0. The zero-order chi connectivity index (χ0) is 11.7. The van der Waals surface area contributed by atoms with E-state index in [-0.39, 0.29) is 36.7 Å². The molecule has 2 radical (unpaired) electrons. The van der Waals surface area contributed by atoms with E-state index in [1.54, 1.807) is 0 Å². The second-order valence-corrected chi connectivity index (χ2v) is 4.17. The van der Waals surface area contributed by atoms with Crippen LogP contribution in [0.4, 0.5) is 0 Å². The monoisotopic (exact) mass is 283 g/mol. The second kappa shape index (κ2) is 14.1. The molecule has 0 fully saturated rings. The van der Waals surface area contributed by atoms with E-state index in [2.05, 4.69) is 30.7 Å². The maximum absolute atomic E-state index is 11.3. The van der Waals surface area contributed by atoms with Crippen LogP contribution < -0.4 is 5.32 Å². The summed E-state index contributed by atoms with van der Waals surface area (Å²) in [6.45, 7) is 7.11. The summed E-state index contributed by atoms with van der Waals surface area (Å²) >= 11 is 0. The van der Waals surface area contributed by atoms with Gasteiger partial charge in [-0.3, -0.25) is 4.79 Å². The molecule has 6 heteroatoms. The van der Waals surface area contributed by atoms with Gasteiger partial charge in [0.25, 0.3) is 5.97 Å². The molecule has 1 N–H and O–H groups in total. The number of hydrogen-bond acceptors (Lipinski definition) is 3. The Hall–Kier alpha value is 0.0749. The van der Waals surface area contributed by atoms with Crippen LogP contribution in [0.25, 0.3) is 0 Å². The van der Waals surface area contributed by atoms with Crippen molar-refractivity contribution in [3.05, 3.63) is 0 Å².